The van der Waals surface area contributed by atoms with E-state index in [0.29, 0.717) is 6.42 Å². The van der Waals surface area contributed by atoms with Crippen molar-refractivity contribution in [1.29, 1.82) is 0 Å². The van der Waals surface area contributed by atoms with Crippen molar-refractivity contribution in [1.82, 2.24) is 20.2 Å². The highest BCUT2D eigenvalue weighted by molar-refractivity contribution is 5.79. The van der Waals surface area contributed by atoms with Crippen molar-refractivity contribution in [2.75, 3.05) is 0 Å². The Hall–Kier alpha value is -1.43. The number of amides is 1. The predicted octanol–water partition coefficient (Wildman–Crippen LogP) is 0.344. The highest BCUT2D eigenvalue weighted by Gasteiger charge is 2.22. The summed E-state index contributed by atoms with van der Waals surface area (Å²) in [7, 11) is 0. The van der Waals surface area contributed by atoms with Crippen LogP contribution in [0.25, 0.3) is 0 Å². The topological polar surface area (TPSA) is 85.8 Å². The fourth-order valence-corrected chi connectivity index (χ4v) is 1.61. The molecule has 0 bridgehead atoms. The van der Waals surface area contributed by atoms with Gasteiger partial charge in [0.1, 0.15) is 11.9 Å². The Morgan fingerprint density at radius 1 is 1.44 bits per heavy atom. The zero-order valence-electron chi connectivity index (χ0n) is 10.0. The summed E-state index contributed by atoms with van der Waals surface area (Å²) in [6.07, 6.45) is 2.16. The van der Waals surface area contributed by atoms with Gasteiger partial charge in [-0.1, -0.05) is 20.8 Å². The molecule has 1 aromatic heterocycles. The van der Waals surface area contributed by atoms with Crippen LogP contribution in [0.2, 0.25) is 0 Å². The Morgan fingerprint density at radius 3 is 2.56 bits per heavy atom. The van der Waals surface area contributed by atoms with Gasteiger partial charge in [0.05, 0.1) is 0 Å². The van der Waals surface area contributed by atoms with Crippen LogP contribution in [-0.2, 0) is 17.6 Å². The van der Waals surface area contributed by atoms with Gasteiger partial charge in [0.25, 0.3) is 5.91 Å². The molecule has 1 amide bonds. The Bertz CT molecular complexity index is 360. The lowest BCUT2D eigenvalue weighted by atomic mass is 10.2. The average molecular weight is 225 g/mol. The van der Waals surface area contributed by atoms with Crippen molar-refractivity contribution in [3.63, 3.8) is 0 Å². The molecule has 90 valence electrons. The van der Waals surface area contributed by atoms with Gasteiger partial charge in [0.15, 0.2) is 5.82 Å². The molecule has 1 unspecified atom stereocenters. The SMILES string of the molecule is CCc1nc(CC)n(C(CC)C(=O)NN)n1. The number of carbonyl (C=O) groups is 1. The van der Waals surface area contributed by atoms with Crippen LogP contribution in [-0.4, -0.2) is 20.7 Å². The van der Waals surface area contributed by atoms with Crippen LogP contribution in [0.5, 0.6) is 0 Å². The summed E-state index contributed by atoms with van der Waals surface area (Å²) < 4.78 is 1.68. The van der Waals surface area contributed by atoms with Gasteiger partial charge < -0.3 is 0 Å². The maximum absolute atomic E-state index is 11.6. The zero-order chi connectivity index (χ0) is 12.1. The number of hydrogen-bond donors (Lipinski definition) is 2. The molecular formula is C10H19N5O. The van der Waals surface area contributed by atoms with Gasteiger partial charge in [0.2, 0.25) is 0 Å². The van der Waals surface area contributed by atoms with Crippen molar-refractivity contribution in [2.45, 2.75) is 46.1 Å². The number of aromatic nitrogens is 3. The number of rotatable bonds is 5. The van der Waals surface area contributed by atoms with Gasteiger partial charge in [-0.3, -0.25) is 10.2 Å². The standard InChI is InChI=1S/C10H19N5O/c1-4-7(10(16)13-11)15-9(6-3)12-8(5-2)14-15/h7H,4-6,11H2,1-3H3,(H,13,16). The molecule has 3 N–H and O–H groups in total. The van der Waals surface area contributed by atoms with Gasteiger partial charge in [0, 0.05) is 12.8 Å². The third-order valence-corrected chi connectivity index (χ3v) is 2.51. The third kappa shape index (κ3) is 2.38. The molecule has 1 aromatic rings. The maximum Gasteiger partial charge on any atom is 0.258 e. The summed E-state index contributed by atoms with van der Waals surface area (Å²) in [4.78, 5) is 15.9. The van der Waals surface area contributed by atoms with Crippen LogP contribution in [0.4, 0.5) is 0 Å². The second-order valence-electron chi connectivity index (χ2n) is 3.53. The lowest BCUT2D eigenvalue weighted by Gasteiger charge is -2.14. The maximum atomic E-state index is 11.6. The number of nitrogens with one attached hydrogen (secondary N) is 1. The Balaban J connectivity index is 3.07. The Labute approximate surface area is 95.2 Å². The summed E-state index contributed by atoms with van der Waals surface area (Å²) in [5, 5.41) is 4.33. The van der Waals surface area contributed by atoms with E-state index in [4.69, 9.17) is 5.84 Å². The Morgan fingerprint density at radius 2 is 2.12 bits per heavy atom. The van der Waals surface area contributed by atoms with E-state index < -0.39 is 0 Å². The van der Waals surface area contributed by atoms with E-state index >= 15 is 0 Å². The average Bonchev–Trinajstić information content (AvgIpc) is 2.73. The summed E-state index contributed by atoms with van der Waals surface area (Å²) in [5.74, 6) is 6.51. The number of hydrazine groups is 1. The molecule has 0 fully saturated rings. The van der Waals surface area contributed by atoms with Crippen LogP contribution in [0.15, 0.2) is 0 Å². The van der Waals surface area contributed by atoms with E-state index in [9.17, 15) is 4.79 Å². The largest absolute Gasteiger partial charge is 0.292 e. The van der Waals surface area contributed by atoms with Crippen LogP contribution in [0.3, 0.4) is 0 Å². The minimum atomic E-state index is -0.368. The molecule has 1 heterocycles. The van der Waals surface area contributed by atoms with Gasteiger partial charge >= 0.3 is 0 Å². The van der Waals surface area contributed by atoms with Gasteiger partial charge in [-0.05, 0) is 6.42 Å². The van der Waals surface area contributed by atoms with Crippen molar-refractivity contribution in [2.24, 2.45) is 5.84 Å². The molecule has 0 saturated heterocycles. The first-order valence-electron chi connectivity index (χ1n) is 5.62. The van der Waals surface area contributed by atoms with Crippen LogP contribution >= 0.6 is 0 Å². The molecule has 0 radical (unpaired) electrons. The van der Waals surface area contributed by atoms with Crippen LogP contribution in [0, 0.1) is 0 Å². The first-order valence-corrected chi connectivity index (χ1v) is 5.62. The molecule has 6 nitrogen and oxygen atoms in total. The lowest BCUT2D eigenvalue weighted by Crippen LogP contribution is -2.37. The lowest BCUT2D eigenvalue weighted by molar-refractivity contribution is -0.124. The number of nitrogens with two attached hydrogens (primary N) is 1. The van der Waals surface area contributed by atoms with E-state index in [1.165, 1.54) is 0 Å². The normalized spacial score (nSPS) is 12.5. The minimum Gasteiger partial charge on any atom is -0.292 e. The molecule has 0 aliphatic rings. The number of hydrogen-bond acceptors (Lipinski definition) is 4. The molecule has 0 aromatic carbocycles. The quantitative estimate of drug-likeness (QED) is 0.430. The second kappa shape index (κ2) is 5.60. The third-order valence-electron chi connectivity index (χ3n) is 2.51. The van der Waals surface area contributed by atoms with Crippen molar-refractivity contribution in [3.05, 3.63) is 11.6 Å². The Kier molecular flexibility index (Phi) is 4.42. The van der Waals surface area contributed by atoms with Gasteiger partial charge in [-0.25, -0.2) is 15.5 Å². The van der Waals surface area contributed by atoms with Crippen molar-refractivity contribution >= 4 is 5.91 Å². The highest BCUT2D eigenvalue weighted by atomic mass is 16.2. The molecule has 0 saturated carbocycles. The number of carbonyl (C=O) groups excluding carboxylic acids is 1. The second-order valence-corrected chi connectivity index (χ2v) is 3.53. The fraction of sp³-hybridized carbons (Fsp3) is 0.700. The van der Waals surface area contributed by atoms with Crippen molar-refractivity contribution < 1.29 is 4.79 Å². The highest BCUT2D eigenvalue weighted by Crippen LogP contribution is 2.13. The summed E-state index contributed by atoms with van der Waals surface area (Å²) in [5.41, 5.74) is 2.17. The molecule has 16 heavy (non-hydrogen) atoms. The molecule has 1 rings (SSSR count). The molecule has 1 atom stereocenters. The van der Waals surface area contributed by atoms with E-state index in [2.05, 4.69) is 15.5 Å². The van der Waals surface area contributed by atoms with Crippen LogP contribution in [0.1, 0.15) is 44.9 Å². The van der Waals surface area contributed by atoms with E-state index in [1.807, 2.05) is 20.8 Å². The first kappa shape index (κ1) is 12.6. The van der Waals surface area contributed by atoms with Gasteiger partial charge in [-0.2, -0.15) is 5.10 Å². The van der Waals surface area contributed by atoms with Crippen LogP contribution < -0.4 is 11.3 Å². The number of nitrogens with zero attached hydrogens (tertiary/aromatic N) is 3. The summed E-state index contributed by atoms with van der Waals surface area (Å²) in [6, 6.07) is -0.368. The smallest absolute Gasteiger partial charge is 0.258 e. The predicted molar refractivity (Wildman–Crippen MR) is 60.4 cm³/mol. The van der Waals surface area contributed by atoms with E-state index in [-0.39, 0.29) is 11.9 Å². The molecule has 0 spiro atoms. The molecular weight excluding hydrogens is 206 g/mol. The number of aryl methyl sites for hydroxylation is 2. The fourth-order valence-electron chi connectivity index (χ4n) is 1.61. The molecule has 6 heteroatoms. The molecule has 0 aliphatic heterocycles. The first-order chi connectivity index (χ1) is 7.67. The van der Waals surface area contributed by atoms with E-state index in [0.717, 1.165) is 24.5 Å². The summed E-state index contributed by atoms with van der Waals surface area (Å²) in [6.45, 7) is 5.91. The summed E-state index contributed by atoms with van der Waals surface area (Å²) >= 11 is 0. The van der Waals surface area contributed by atoms with E-state index in [1.54, 1.807) is 4.68 Å². The zero-order valence-corrected chi connectivity index (χ0v) is 10.0. The van der Waals surface area contributed by atoms with Crippen molar-refractivity contribution in [3.8, 4) is 0 Å². The van der Waals surface area contributed by atoms with Gasteiger partial charge in [-0.15, -0.1) is 0 Å². The monoisotopic (exact) mass is 225 g/mol. The minimum absolute atomic E-state index is 0.232. The molecule has 0 aliphatic carbocycles.